The Morgan fingerprint density at radius 1 is 1.67 bits per heavy atom. The third kappa shape index (κ3) is 3.00. The first-order valence-corrected chi connectivity index (χ1v) is 5.87. The number of amides is 1. The standard InChI is InChI=1S/C10H17N3OS/c1-4-8-7(3)15-10(12-8)13-9(14)6(2)5-11/h6H,4-5,11H2,1-3H3,(H,12,13,14). The minimum absolute atomic E-state index is 0.0612. The van der Waals surface area contributed by atoms with Crippen molar-refractivity contribution in [2.45, 2.75) is 27.2 Å². The SMILES string of the molecule is CCc1nc(NC(=O)C(C)CN)sc1C. The average molecular weight is 227 g/mol. The van der Waals surface area contributed by atoms with Crippen molar-refractivity contribution in [3.8, 4) is 0 Å². The van der Waals surface area contributed by atoms with Crippen molar-refractivity contribution < 1.29 is 4.79 Å². The van der Waals surface area contributed by atoms with Crippen LogP contribution in [0.3, 0.4) is 0 Å². The summed E-state index contributed by atoms with van der Waals surface area (Å²) in [6.45, 7) is 6.22. The smallest absolute Gasteiger partial charge is 0.230 e. The fourth-order valence-electron chi connectivity index (χ4n) is 1.15. The molecule has 0 aliphatic carbocycles. The van der Waals surface area contributed by atoms with E-state index in [1.807, 2.05) is 6.92 Å². The van der Waals surface area contributed by atoms with E-state index in [1.54, 1.807) is 6.92 Å². The molecule has 1 unspecified atom stereocenters. The lowest BCUT2D eigenvalue weighted by Gasteiger charge is -2.06. The van der Waals surface area contributed by atoms with E-state index in [-0.39, 0.29) is 11.8 Å². The first-order valence-electron chi connectivity index (χ1n) is 5.05. The van der Waals surface area contributed by atoms with Crippen LogP contribution in [0.4, 0.5) is 5.13 Å². The fourth-order valence-corrected chi connectivity index (χ4v) is 2.05. The molecule has 1 rings (SSSR count). The van der Waals surface area contributed by atoms with Gasteiger partial charge in [0.05, 0.1) is 5.69 Å². The van der Waals surface area contributed by atoms with Gasteiger partial charge in [-0.3, -0.25) is 4.79 Å². The maximum Gasteiger partial charge on any atom is 0.230 e. The minimum Gasteiger partial charge on any atom is -0.330 e. The summed E-state index contributed by atoms with van der Waals surface area (Å²) in [5.41, 5.74) is 6.46. The summed E-state index contributed by atoms with van der Waals surface area (Å²) >= 11 is 1.51. The molecule has 4 nitrogen and oxygen atoms in total. The first kappa shape index (κ1) is 12.1. The highest BCUT2D eigenvalue weighted by molar-refractivity contribution is 7.15. The van der Waals surface area contributed by atoms with Gasteiger partial charge in [-0.1, -0.05) is 13.8 Å². The number of rotatable bonds is 4. The summed E-state index contributed by atoms with van der Waals surface area (Å²) < 4.78 is 0. The number of hydrogen-bond donors (Lipinski definition) is 2. The molecular formula is C10H17N3OS. The van der Waals surface area contributed by atoms with Gasteiger partial charge in [-0.05, 0) is 13.3 Å². The van der Waals surface area contributed by atoms with E-state index in [2.05, 4.69) is 17.2 Å². The van der Waals surface area contributed by atoms with Crippen molar-refractivity contribution in [1.29, 1.82) is 0 Å². The number of carbonyl (C=O) groups is 1. The molecule has 1 amide bonds. The number of nitrogens with two attached hydrogens (primary N) is 1. The second-order valence-electron chi connectivity index (χ2n) is 3.50. The summed E-state index contributed by atoms with van der Waals surface area (Å²) in [6, 6.07) is 0. The van der Waals surface area contributed by atoms with Gasteiger partial charge in [0, 0.05) is 17.3 Å². The van der Waals surface area contributed by atoms with E-state index in [1.165, 1.54) is 11.3 Å². The third-order valence-electron chi connectivity index (χ3n) is 2.26. The molecular weight excluding hydrogens is 210 g/mol. The van der Waals surface area contributed by atoms with Crippen LogP contribution >= 0.6 is 11.3 Å². The molecule has 1 aromatic heterocycles. The van der Waals surface area contributed by atoms with E-state index in [9.17, 15) is 4.79 Å². The molecule has 0 fully saturated rings. The van der Waals surface area contributed by atoms with E-state index < -0.39 is 0 Å². The quantitative estimate of drug-likeness (QED) is 0.820. The molecule has 84 valence electrons. The highest BCUT2D eigenvalue weighted by atomic mass is 32.1. The molecule has 0 aromatic carbocycles. The molecule has 1 aromatic rings. The lowest BCUT2D eigenvalue weighted by molar-refractivity contribution is -0.119. The van der Waals surface area contributed by atoms with Gasteiger partial charge in [-0.15, -0.1) is 11.3 Å². The topological polar surface area (TPSA) is 68.0 Å². The van der Waals surface area contributed by atoms with Crippen LogP contribution in [0.1, 0.15) is 24.4 Å². The van der Waals surface area contributed by atoms with Gasteiger partial charge in [0.1, 0.15) is 0 Å². The fraction of sp³-hybridized carbons (Fsp3) is 0.600. The Morgan fingerprint density at radius 3 is 2.80 bits per heavy atom. The molecule has 0 bridgehead atoms. The Labute approximate surface area is 93.9 Å². The third-order valence-corrected chi connectivity index (χ3v) is 3.19. The second-order valence-corrected chi connectivity index (χ2v) is 4.70. The Morgan fingerprint density at radius 2 is 2.33 bits per heavy atom. The molecule has 0 aliphatic heterocycles. The molecule has 1 atom stereocenters. The molecule has 0 radical (unpaired) electrons. The highest BCUT2D eigenvalue weighted by Gasteiger charge is 2.13. The van der Waals surface area contributed by atoms with Crippen LogP contribution in [0.5, 0.6) is 0 Å². The zero-order chi connectivity index (χ0) is 11.4. The maximum atomic E-state index is 11.5. The maximum absolute atomic E-state index is 11.5. The highest BCUT2D eigenvalue weighted by Crippen LogP contribution is 2.22. The monoisotopic (exact) mass is 227 g/mol. The number of nitrogens with one attached hydrogen (secondary N) is 1. The van der Waals surface area contributed by atoms with Gasteiger partial charge >= 0.3 is 0 Å². The van der Waals surface area contributed by atoms with Crippen molar-refractivity contribution in [2.24, 2.45) is 11.7 Å². The molecule has 0 aliphatic rings. The number of hydrogen-bond acceptors (Lipinski definition) is 4. The van der Waals surface area contributed by atoms with Gasteiger partial charge in [0.25, 0.3) is 0 Å². The van der Waals surface area contributed by atoms with Gasteiger partial charge in [-0.25, -0.2) is 4.98 Å². The number of thiazole rings is 1. The molecule has 0 spiro atoms. The van der Waals surface area contributed by atoms with Crippen LogP contribution in [-0.2, 0) is 11.2 Å². The van der Waals surface area contributed by atoms with Crippen molar-refractivity contribution >= 4 is 22.4 Å². The van der Waals surface area contributed by atoms with E-state index in [0.717, 1.165) is 17.0 Å². The largest absolute Gasteiger partial charge is 0.330 e. The zero-order valence-electron chi connectivity index (χ0n) is 9.33. The molecule has 0 saturated carbocycles. The summed E-state index contributed by atoms with van der Waals surface area (Å²) in [4.78, 5) is 17.0. The molecule has 3 N–H and O–H groups in total. The zero-order valence-corrected chi connectivity index (χ0v) is 10.1. The van der Waals surface area contributed by atoms with Crippen LogP contribution in [-0.4, -0.2) is 17.4 Å². The number of carbonyl (C=O) groups excluding carboxylic acids is 1. The van der Waals surface area contributed by atoms with Crippen LogP contribution in [0.2, 0.25) is 0 Å². The van der Waals surface area contributed by atoms with Crippen molar-refractivity contribution in [1.82, 2.24) is 4.98 Å². The van der Waals surface area contributed by atoms with Crippen LogP contribution in [0.15, 0.2) is 0 Å². The number of aryl methyl sites for hydroxylation is 2. The van der Waals surface area contributed by atoms with Crippen LogP contribution < -0.4 is 11.1 Å². The summed E-state index contributed by atoms with van der Waals surface area (Å²) in [5.74, 6) is -0.229. The summed E-state index contributed by atoms with van der Waals surface area (Å²) in [7, 11) is 0. The lowest BCUT2D eigenvalue weighted by atomic mass is 10.2. The van der Waals surface area contributed by atoms with Crippen molar-refractivity contribution in [2.75, 3.05) is 11.9 Å². The Balaban J connectivity index is 2.68. The summed E-state index contributed by atoms with van der Waals surface area (Å²) in [5, 5.41) is 3.45. The summed E-state index contributed by atoms with van der Waals surface area (Å²) in [6.07, 6.45) is 0.893. The molecule has 0 saturated heterocycles. The predicted molar refractivity (Wildman–Crippen MR) is 63.1 cm³/mol. The Bertz CT molecular complexity index is 348. The molecule has 15 heavy (non-hydrogen) atoms. The number of nitrogens with zero attached hydrogens (tertiary/aromatic N) is 1. The van der Waals surface area contributed by atoms with Gasteiger partial charge in [-0.2, -0.15) is 0 Å². The normalized spacial score (nSPS) is 12.5. The average Bonchev–Trinajstić information content (AvgIpc) is 2.57. The van der Waals surface area contributed by atoms with Crippen LogP contribution in [0.25, 0.3) is 0 Å². The Hall–Kier alpha value is -0.940. The van der Waals surface area contributed by atoms with Gasteiger partial charge in [0.15, 0.2) is 5.13 Å². The lowest BCUT2D eigenvalue weighted by Crippen LogP contribution is -2.26. The molecule has 5 heteroatoms. The van der Waals surface area contributed by atoms with Gasteiger partial charge in [0.2, 0.25) is 5.91 Å². The molecule has 1 heterocycles. The Kier molecular flexibility index (Phi) is 4.23. The number of aromatic nitrogens is 1. The number of anilines is 1. The predicted octanol–water partition coefficient (Wildman–Crippen LogP) is 1.55. The van der Waals surface area contributed by atoms with Crippen LogP contribution in [0, 0.1) is 12.8 Å². The second kappa shape index (κ2) is 5.23. The van der Waals surface area contributed by atoms with E-state index in [4.69, 9.17) is 5.73 Å². The van der Waals surface area contributed by atoms with Crippen molar-refractivity contribution in [3.05, 3.63) is 10.6 Å². The minimum atomic E-state index is -0.167. The van der Waals surface area contributed by atoms with Crippen molar-refractivity contribution in [3.63, 3.8) is 0 Å². The van der Waals surface area contributed by atoms with Gasteiger partial charge < -0.3 is 11.1 Å². The van der Waals surface area contributed by atoms with E-state index >= 15 is 0 Å². The first-order chi connectivity index (χ1) is 7.08. The van der Waals surface area contributed by atoms with E-state index in [0.29, 0.717) is 11.7 Å².